The first kappa shape index (κ1) is 17.1. The Hall–Kier alpha value is -4.34. The van der Waals surface area contributed by atoms with E-state index in [-0.39, 0.29) is 11.5 Å². The SMILES string of the molecule is Nc1n[nH]c2ccc([N+](=O)[O-])cc12.Nc1n[nH]c2cccc(-n3cccc3)c12. The molecule has 0 fully saturated rings. The number of H-pyrrole nitrogens is 2. The lowest BCUT2D eigenvalue weighted by Crippen LogP contribution is -1.92. The Kier molecular flexibility index (Phi) is 4.13. The molecule has 10 nitrogen and oxygen atoms in total. The maximum absolute atomic E-state index is 10.4. The van der Waals surface area contributed by atoms with Crippen molar-refractivity contribution in [2.45, 2.75) is 0 Å². The highest BCUT2D eigenvalue weighted by molar-refractivity contribution is 5.95. The summed E-state index contributed by atoms with van der Waals surface area (Å²) in [4.78, 5) is 9.95. The largest absolute Gasteiger partial charge is 0.382 e. The van der Waals surface area contributed by atoms with Gasteiger partial charge in [0.1, 0.15) is 0 Å². The van der Waals surface area contributed by atoms with Crippen LogP contribution in [0.1, 0.15) is 0 Å². The molecule has 140 valence electrons. The number of hydrogen-bond donors (Lipinski definition) is 4. The molecule has 0 aliphatic heterocycles. The molecule has 0 aliphatic rings. The van der Waals surface area contributed by atoms with E-state index in [1.54, 1.807) is 6.07 Å². The predicted octanol–water partition coefficient (Wildman–Crippen LogP) is 2.99. The van der Waals surface area contributed by atoms with Crippen molar-refractivity contribution >= 4 is 39.1 Å². The Balaban J connectivity index is 0.000000139. The maximum atomic E-state index is 10.4. The number of nitrogen functional groups attached to an aromatic ring is 2. The first-order valence-electron chi connectivity index (χ1n) is 8.28. The summed E-state index contributed by atoms with van der Waals surface area (Å²) in [6, 6.07) is 14.3. The number of aromatic amines is 2. The summed E-state index contributed by atoms with van der Waals surface area (Å²) < 4.78 is 2.02. The monoisotopic (exact) mass is 376 g/mol. The average Bonchev–Trinajstić information content (AvgIpc) is 3.44. The molecule has 0 atom stereocenters. The van der Waals surface area contributed by atoms with Crippen molar-refractivity contribution in [3.8, 4) is 5.69 Å². The summed E-state index contributed by atoms with van der Waals surface area (Å²) in [6.45, 7) is 0. The van der Waals surface area contributed by atoms with Gasteiger partial charge in [-0.15, -0.1) is 0 Å². The van der Waals surface area contributed by atoms with Crippen LogP contribution >= 0.6 is 0 Å². The van der Waals surface area contributed by atoms with Crippen molar-refractivity contribution in [2.75, 3.05) is 11.5 Å². The summed E-state index contributed by atoms with van der Waals surface area (Å²) in [5, 5.41) is 25.2. The minimum absolute atomic E-state index is 0.0144. The molecular formula is C18H16N8O2. The van der Waals surface area contributed by atoms with E-state index in [0.29, 0.717) is 16.7 Å². The Morgan fingerprint density at radius 1 is 0.929 bits per heavy atom. The van der Waals surface area contributed by atoms with Crippen LogP contribution in [0.15, 0.2) is 60.9 Å². The Morgan fingerprint density at radius 2 is 1.64 bits per heavy atom. The van der Waals surface area contributed by atoms with E-state index in [0.717, 1.165) is 16.6 Å². The van der Waals surface area contributed by atoms with Crippen LogP contribution in [0, 0.1) is 10.1 Å². The highest BCUT2D eigenvalue weighted by Crippen LogP contribution is 2.25. The van der Waals surface area contributed by atoms with Gasteiger partial charge in [-0.25, -0.2) is 0 Å². The second-order valence-electron chi connectivity index (χ2n) is 5.99. The predicted molar refractivity (Wildman–Crippen MR) is 107 cm³/mol. The molecule has 0 radical (unpaired) electrons. The number of fused-ring (bicyclic) bond motifs is 2. The molecule has 0 bridgehead atoms. The number of anilines is 2. The number of non-ortho nitro benzene ring substituents is 1. The fraction of sp³-hybridized carbons (Fsp3) is 0. The zero-order valence-corrected chi connectivity index (χ0v) is 14.5. The molecule has 0 unspecified atom stereocenters. The third kappa shape index (κ3) is 2.98. The number of rotatable bonds is 2. The van der Waals surface area contributed by atoms with Gasteiger partial charge in [-0.3, -0.25) is 20.3 Å². The van der Waals surface area contributed by atoms with Crippen LogP contribution in [-0.2, 0) is 0 Å². The quantitative estimate of drug-likeness (QED) is 0.274. The fourth-order valence-electron chi connectivity index (χ4n) is 2.93. The fourth-order valence-corrected chi connectivity index (χ4v) is 2.93. The summed E-state index contributed by atoms with van der Waals surface area (Å²) in [5.74, 6) is 0.813. The van der Waals surface area contributed by atoms with Crippen molar-refractivity contribution in [3.63, 3.8) is 0 Å². The van der Waals surface area contributed by atoms with Crippen LogP contribution in [0.2, 0.25) is 0 Å². The van der Waals surface area contributed by atoms with Gasteiger partial charge in [0.05, 0.1) is 32.4 Å². The van der Waals surface area contributed by atoms with Crippen LogP contribution in [0.25, 0.3) is 27.5 Å². The molecule has 5 aromatic rings. The third-order valence-corrected chi connectivity index (χ3v) is 4.26. The van der Waals surface area contributed by atoms with E-state index in [1.165, 1.54) is 12.1 Å². The molecule has 3 aromatic heterocycles. The van der Waals surface area contributed by atoms with Crippen molar-refractivity contribution < 1.29 is 4.92 Å². The number of nitrogens with two attached hydrogens (primary N) is 2. The van der Waals surface area contributed by atoms with E-state index in [1.807, 2.05) is 47.3 Å². The summed E-state index contributed by atoms with van der Waals surface area (Å²) in [5.41, 5.74) is 14.0. The minimum Gasteiger partial charge on any atom is -0.382 e. The van der Waals surface area contributed by atoms with E-state index in [9.17, 15) is 10.1 Å². The zero-order valence-electron chi connectivity index (χ0n) is 14.5. The minimum atomic E-state index is -0.466. The van der Waals surface area contributed by atoms with Gasteiger partial charge in [0.25, 0.3) is 5.69 Å². The Morgan fingerprint density at radius 3 is 2.39 bits per heavy atom. The van der Waals surface area contributed by atoms with E-state index < -0.39 is 4.92 Å². The number of benzene rings is 2. The molecule has 28 heavy (non-hydrogen) atoms. The van der Waals surface area contributed by atoms with Crippen molar-refractivity contribution in [1.82, 2.24) is 25.0 Å². The normalized spacial score (nSPS) is 10.7. The van der Waals surface area contributed by atoms with Crippen LogP contribution in [0.3, 0.4) is 0 Å². The van der Waals surface area contributed by atoms with E-state index in [4.69, 9.17) is 11.5 Å². The van der Waals surface area contributed by atoms with Crippen LogP contribution in [0.5, 0.6) is 0 Å². The highest BCUT2D eigenvalue weighted by Gasteiger charge is 2.09. The Labute approximate surface area is 157 Å². The molecule has 0 aliphatic carbocycles. The second kappa shape index (κ2) is 6.76. The maximum Gasteiger partial charge on any atom is 0.270 e. The molecule has 6 N–H and O–H groups in total. The standard InChI is InChI=1S/C11H10N4.C7H6N4O2/c12-11-10-8(13-14-11)4-3-5-9(10)15-6-1-2-7-15;8-7-5-3-4(11(12)13)1-2-6(5)9-10-7/h1-7H,(H3,12,13,14);1-3H,(H3,8,9,10). The first-order valence-corrected chi connectivity index (χ1v) is 8.28. The van der Waals surface area contributed by atoms with Crippen molar-refractivity contribution in [2.24, 2.45) is 0 Å². The van der Waals surface area contributed by atoms with Crippen LogP contribution in [0.4, 0.5) is 17.3 Å². The molecule has 5 rings (SSSR count). The van der Waals surface area contributed by atoms with Crippen molar-refractivity contribution in [3.05, 3.63) is 71.0 Å². The summed E-state index contributed by atoms with van der Waals surface area (Å²) >= 11 is 0. The lowest BCUT2D eigenvalue weighted by Gasteiger charge is -2.04. The number of aromatic nitrogens is 5. The molecule has 3 heterocycles. The van der Waals surface area contributed by atoms with Gasteiger partial charge in [-0.1, -0.05) is 6.07 Å². The average molecular weight is 376 g/mol. The lowest BCUT2D eigenvalue weighted by atomic mass is 10.2. The first-order chi connectivity index (χ1) is 13.5. The van der Waals surface area contributed by atoms with E-state index in [2.05, 4.69) is 20.4 Å². The van der Waals surface area contributed by atoms with Gasteiger partial charge in [-0.05, 0) is 30.3 Å². The Bertz CT molecular complexity index is 1270. The second-order valence-corrected chi connectivity index (χ2v) is 5.99. The topological polar surface area (TPSA) is 157 Å². The smallest absolute Gasteiger partial charge is 0.270 e. The number of nitro benzene ring substituents is 1. The van der Waals surface area contributed by atoms with Crippen LogP contribution < -0.4 is 11.5 Å². The zero-order chi connectivity index (χ0) is 19.7. The van der Waals surface area contributed by atoms with Gasteiger partial charge in [0, 0.05) is 24.5 Å². The molecular weight excluding hydrogens is 360 g/mol. The number of nitrogens with zero attached hydrogens (tertiary/aromatic N) is 4. The lowest BCUT2D eigenvalue weighted by molar-refractivity contribution is -0.384. The summed E-state index contributed by atoms with van der Waals surface area (Å²) in [6.07, 6.45) is 3.97. The van der Waals surface area contributed by atoms with Gasteiger partial charge in [0.2, 0.25) is 0 Å². The number of nitrogens with one attached hydrogen (secondary N) is 2. The molecule has 0 saturated carbocycles. The van der Waals surface area contributed by atoms with E-state index >= 15 is 0 Å². The van der Waals surface area contributed by atoms with Crippen molar-refractivity contribution in [1.29, 1.82) is 0 Å². The molecule has 0 saturated heterocycles. The number of nitro groups is 1. The van der Waals surface area contributed by atoms with Gasteiger partial charge in [0.15, 0.2) is 11.6 Å². The molecule has 2 aromatic carbocycles. The number of hydrogen-bond acceptors (Lipinski definition) is 6. The molecule has 10 heteroatoms. The molecule has 0 spiro atoms. The van der Waals surface area contributed by atoms with Crippen LogP contribution in [-0.4, -0.2) is 29.9 Å². The highest BCUT2D eigenvalue weighted by atomic mass is 16.6. The van der Waals surface area contributed by atoms with Gasteiger partial charge in [-0.2, -0.15) is 10.2 Å². The summed E-state index contributed by atoms with van der Waals surface area (Å²) in [7, 11) is 0. The van der Waals surface area contributed by atoms with Gasteiger partial charge < -0.3 is 16.0 Å². The molecule has 0 amide bonds. The third-order valence-electron chi connectivity index (χ3n) is 4.26. The van der Waals surface area contributed by atoms with Gasteiger partial charge >= 0.3 is 0 Å².